The molecule has 6 rings (SSSR count). The maximum atomic E-state index is 13.2. The standard InChI is InChI=1S/C34H25F/c35-34-20-18-28(19-21-34)27-10-12-29(13-11-27)31-15-17-32-22-30(14-16-33(32)23-31)26-7-3-6-24-4-1-2-5-25(24)8-9-26/h1-2,4-6,8-23H,3,7H2/b24-6-,25-8-,26-9+. The quantitative estimate of drug-likeness (QED) is 0.262. The first-order valence-corrected chi connectivity index (χ1v) is 12.1. The fraction of sp³-hybridized carbons (Fsp3) is 0.0588. The summed E-state index contributed by atoms with van der Waals surface area (Å²) in [5, 5.41) is 5.09. The van der Waals surface area contributed by atoms with Gasteiger partial charge >= 0.3 is 0 Å². The van der Waals surface area contributed by atoms with Crippen LogP contribution in [0.2, 0.25) is 0 Å². The minimum Gasteiger partial charge on any atom is -0.207 e. The van der Waals surface area contributed by atoms with Crippen molar-refractivity contribution < 1.29 is 4.39 Å². The van der Waals surface area contributed by atoms with Crippen molar-refractivity contribution in [2.75, 3.05) is 0 Å². The van der Waals surface area contributed by atoms with E-state index in [0.717, 1.165) is 24.0 Å². The zero-order valence-electron chi connectivity index (χ0n) is 19.4. The van der Waals surface area contributed by atoms with E-state index in [2.05, 4.69) is 103 Å². The van der Waals surface area contributed by atoms with Crippen molar-refractivity contribution in [1.29, 1.82) is 0 Å². The van der Waals surface area contributed by atoms with Gasteiger partial charge in [0.2, 0.25) is 0 Å². The Hall–Kier alpha value is -4.23. The summed E-state index contributed by atoms with van der Waals surface area (Å²) in [7, 11) is 0. The summed E-state index contributed by atoms with van der Waals surface area (Å²) in [6.45, 7) is 0. The molecule has 0 nitrogen and oxygen atoms in total. The molecule has 0 unspecified atom stereocenters. The van der Waals surface area contributed by atoms with Crippen molar-refractivity contribution in [3.05, 3.63) is 137 Å². The Bertz CT molecular complexity index is 1670. The lowest BCUT2D eigenvalue weighted by Crippen LogP contribution is -2.23. The van der Waals surface area contributed by atoms with Crippen LogP contribution in [0.5, 0.6) is 0 Å². The number of rotatable bonds is 3. The first-order chi connectivity index (χ1) is 17.2. The summed E-state index contributed by atoms with van der Waals surface area (Å²) in [4.78, 5) is 0. The van der Waals surface area contributed by atoms with E-state index in [1.165, 1.54) is 55.6 Å². The molecular weight excluding hydrogens is 427 g/mol. The summed E-state index contributed by atoms with van der Waals surface area (Å²) in [5.41, 5.74) is 7.14. The number of halogens is 1. The van der Waals surface area contributed by atoms with Crippen LogP contribution in [-0.4, -0.2) is 0 Å². The van der Waals surface area contributed by atoms with Crippen molar-refractivity contribution in [3.63, 3.8) is 0 Å². The normalized spacial score (nSPS) is 16.5. The third-order valence-electron chi connectivity index (χ3n) is 6.84. The van der Waals surface area contributed by atoms with Gasteiger partial charge in [0.1, 0.15) is 5.82 Å². The lowest BCUT2D eigenvalue weighted by atomic mass is 9.94. The molecule has 0 spiro atoms. The number of allylic oxidation sites excluding steroid dienone is 2. The summed E-state index contributed by atoms with van der Waals surface area (Å²) in [5.74, 6) is -0.211. The van der Waals surface area contributed by atoms with E-state index in [-0.39, 0.29) is 5.82 Å². The van der Waals surface area contributed by atoms with Crippen molar-refractivity contribution in [2.45, 2.75) is 12.8 Å². The Morgan fingerprint density at radius 1 is 0.486 bits per heavy atom. The predicted octanol–water partition coefficient (Wildman–Crippen LogP) is 7.75. The van der Waals surface area contributed by atoms with E-state index in [0.29, 0.717) is 0 Å². The summed E-state index contributed by atoms with van der Waals surface area (Å²) < 4.78 is 13.2. The van der Waals surface area contributed by atoms with Crippen LogP contribution in [0.25, 0.3) is 50.8 Å². The molecule has 5 aromatic carbocycles. The summed E-state index contributed by atoms with van der Waals surface area (Å²) in [6, 6.07) is 37.2. The zero-order chi connectivity index (χ0) is 23.6. The van der Waals surface area contributed by atoms with Crippen LogP contribution in [-0.2, 0) is 0 Å². The van der Waals surface area contributed by atoms with Gasteiger partial charge < -0.3 is 0 Å². The number of hydrogen-bond acceptors (Lipinski definition) is 0. The highest BCUT2D eigenvalue weighted by molar-refractivity contribution is 5.90. The molecule has 0 aromatic heterocycles. The van der Waals surface area contributed by atoms with E-state index in [4.69, 9.17) is 0 Å². The molecule has 0 fully saturated rings. The molecule has 0 N–H and O–H groups in total. The van der Waals surface area contributed by atoms with E-state index < -0.39 is 0 Å². The second-order valence-corrected chi connectivity index (χ2v) is 9.09. The van der Waals surface area contributed by atoms with Gasteiger partial charge in [0.05, 0.1) is 0 Å². The Morgan fingerprint density at radius 3 is 1.74 bits per heavy atom. The maximum absolute atomic E-state index is 13.2. The maximum Gasteiger partial charge on any atom is 0.123 e. The summed E-state index contributed by atoms with van der Waals surface area (Å²) in [6.07, 6.45) is 8.94. The average Bonchev–Trinajstić information content (AvgIpc) is 2.89. The molecule has 168 valence electrons. The fourth-order valence-electron chi connectivity index (χ4n) is 4.87. The lowest BCUT2D eigenvalue weighted by molar-refractivity contribution is 0.628. The van der Waals surface area contributed by atoms with Gasteiger partial charge in [-0.05, 0) is 91.7 Å². The smallest absolute Gasteiger partial charge is 0.123 e. The van der Waals surface area contributed by atoms with Crippen molar-refractivity contribution in [1.82, 2.24) is 0 Å². The lowest BCUT2D eigenvalue weighted by Gasteiger charge is -2.11. The summed E-state index contributed by atoms with van der Waals surface area (Å²) >= 11 is 0. The van der Waals surface area contributed by atoms with E-state index in [1.54, 1.807) is 0 Å². The van der Waals surface area contributed by atoms with Crippen LogP contribution in [0.1, 0.15) is 18.4 Å². The van der Waals surface area contributed by atoms with Crippen molar-refractivity contribution >= 4 is 28.5 Å². The Kier molecular flexibility index (Phi) is 5.60. The van der Waals surface area contributed by atoms with Crippen LogP contribution in [0, 0.1) is 5.82 Å². The van der Waals surface area contributed by atoms with E-state index >= 15 is 0 Å². The monoisotopic (exact) mass is 452 g/mol. The first-order valence-electron chi connectivity index (χ1n) is 12.1. The third-order valence-corrected chi connectivity index (χ3v) is 6.84. The van der Waals surface area contributed by atoms with Crippen molar-refractivity contribution in [3.8, 4) is 22.3 Å². The Balaban J connectivity index is 1.29. The molecule has 0 amide bonds. The van der Waals surface area contributed by atoms with Crippen LogP contribution in [0.4, 0.5) is 4.39 Å². The highest BCUT2D eigenvalue weighted by Crippen LogP contribution is 2.30. The molecule has 0 aliphatic heterocycles. The van der Waals surface area contributed by atoms with Crippen LogP contribution in [0.15, 0.2) is 115 Å². The van der Waals surface area contributed by atoms with E-state index in [1.807, 2.05) is 12.1 Å². The molecule has 1 heteroatoms. The fourth-order valence-corrected chi connectivity index (χ4v) is 4.87. The molecule has 0 atom stereocenters. The van der Waals surface area contributed by atoms with Gasteiger partial charge in [-0.1, -0.05) is 103 Å². The highest BCUT2D eigenvalue weighted by Gasteiger charge is 2.06. The average molecular weight is 453 g/mol. The minimum absolute atomic E-state index is 0.211. The minimum atomic E-state index is -0.211. The van der Waals surface area contributed by atoms with Gasteiger partial charge in [-0.3, -0.25) is 0 Å². The highest BCUT2D eigenvalue weighted by atomic mass is 19.1. The SMILES string of the molecule is Fc1ccc(-c2ccc(-c3ccc4cc(/C5=C/C=c6/cccc/c6=C/CC5)ccc4c3)cc2)cc1. The molecule has 1 aliphatic rings. The predicted molar refractivity (Wildman–Crippen MR) is 147 cm³/mol. The Morgan fingerprint density at radius 2 is 1.03 bits per heavy atom. The number of fused-ring (bicyclic) bond motifs is 2. The second kappa shape index (κ2) is 9.19. The van der Waals surface area contributed by atoms with Gasteiger partial charge in [-0.2, -0.15) is 0 Å². The van der Waals surface area contributed by atoms with Crippen LogP contribution in [0.3, 0.4) is 0 Å². The molecule has 0 bridgehead atoms. The molecule has 1 aliphatic carbocycles. The number of benzene rings is 5. The topological polar surface area (TPSA) is 0 Å². The van der Waals surface area contributed by atoms with Gasteiger partial charge in [0.25, 0.3) is 0 Å². The largest absolute Gasteiger partial charge is 0.207 e. The molecule has 35 heavy (non-hydrogen) atoms. The van der Waals surface area contributed by atoms with Crippen molar-refractivity contribution in [2.24, 2.45) is 0 Å². The molecule has 0 saturated heterocycles. The molecule has 0 saturated carbocycles. The van der Waals surface area contributed by atoms with E-state index in [9.17, 15) is 4.39 Å². The van der Waals surface area contributed by atoms with Gasteiger partial charge in [-0.25, -0.2) is 4.39 Å². The molecule has 0 radical (unpaired) electrons. The zero-order valence-corrected chi connectivity index (χ0v) is 19.4. The van der Waals surface area contributed by atoms with Crippen LogP contribution >= 0.6 is 0 Å². The van der Waals surface area contributed by atoms with Gasteiger partial charge in [0, 0.05) is 0 Å². The molecular formula is C34H25F. The second-order valence-electron chi connectivity index (χ2n) is 9.09. The molecule has 5 aromatic rings. The van der Waals surface area contributed by atoms with Gasteiger partial charge in [0.15, 0.2) is 0 Å². The third kappa shape index (κ3) is 4.46. The Labute approximate surface area is 205 Å². The molecule has 0 heterocycles. The van der Waals surface area contributed by atoms with Gasteiger partial charge in [-0.15, -0.1) is 0 Å². The first kappa shape index (κ1) is 21.3. The van der Waals surface area contributed by atoms with Crippen LogP contribution < -0.4 is 10.4 Å². The number of hydrogen-bond donors (Lipinski definition) is 0.